The smallest absolute Gasteiger partial charge is 0.127 e. The van der Waals surface area contributed by atoms with E-state index in [4.69, 9.17) is 21.3 Å². The van der Waals surface area contributed by atoms with Crippen LogP contribution >= 0.6 is 11.6 Å². The summed E-state index contributed by atoms with van der Waals surface area (Å²) in [6.07, 6.45) is 3.95. The number of methoxy groups -OCH3 is 1. The zero-order chi connectivity index (χ0) is 15.0. The van der Waals surface area contributed by atoms with Crippen LogP contribution in [0, 0.1) is 11.8 Å². The second-order valence-corrected chi connectivity index (χ2v) is 6.99. The fourth-order valence-electron chi connectivity index (χ4n) is 3.49. The average molecular weight is 307 g/mol. The summed E-state index contributed by atoms with van der Waals surface area (Å²) in [6, 6.07) is 6.05. The van der Waals surface area contributed by atoms with Gasteiger partial charge in [-0.15, -0.1) is 11.6 Å². The number of nitrogens with zero attached hydrogens (tertiary/aromatic N) is 2. The lowest BCUT2D eigenvalue weighted by Crippen LogP contribution is -2.11. The predicted octanol–water partition coefficient (Wildman–Crippen LogP) is 4.78. The molecular formula is C17H23ClN2O. The SMILES string of the molecule is COc1ccc2nc(C(C)Cl)n(CC3CCC(C)C3)c2c1. The third-order valence-electron chi connectivity index (χ3n) is 4.58. The molecule has 1 heterocycles. The molecule has 1 aromatic carbocycles. The van der Waals surface area contributed by atoms with Crippen molar-refractivity contribution in [2.24, 2.45) is 11.8 Å². The Morgan fingerprint density at radius 1 is 1.43 bits per heavy atom. The lowest BCUT2D eigenvalue weighted by atomic mass is 10.1. The summed E-state index contributed by atoms with van der Waals surface area (Å²) in [5.74, 6) is 3.42. The summed E-state index contributed by atoms with van der Waals surface area (Å²) < 4.78 is 7.66. The van der Waals surface area contributed by atoms with E-state index in [1.807, 2.05) is 19.1 Å². The van der Waals surface area contributed by atoms with Gasteiger partial charge in [0, 0.05) is 12.6 Å². The Hall–Kier alpha value is -1.22. The molecule has 3 atom stereocenters. The maximum Gasteiger partial charge on any atom is 0.127 e. The van der Waals surface area contributed by atoms with E-state index in [1.54, 1.807) is 7.11 Å². The van der Waals surface area contributed by atoms with Crippen LogP contribution in [0.3, 0.4) is 0 Å². The number of fused-ring (bicyclic) bond motifs is 1. The number of alkyl halides is 1. The molecule has 1 saturated carbocycles. The van der Waals surface area contributed by atoms with Gasteiger partial charge in [0.05, 0.1) is 23.5 Å². The Morgan fingerprint density at radius 2 is 2.24 bits per heavy atom. The molecule has 0 bridgehead atoms. The average Bonchev–Trinajstić information content (AvgIpc) is 3.03. The standard InChI is InChI=1S/C17H23ClN2O/c1-11-4-5-13(8-11)10-20-16-9-14(21-3)6-7-15(16)19-17(20)12(2)18/h6-7,9,11-13H,4-5,8,10H2,1-3H3. The molecule has 1 aliphatic carbocycles. The van der Waals surface area contributed by atoms with Crippen molar-refractivity contribution in [2.75, 3.05) is 7.11 Å². The van der Waals surface area contributed by atoms with Crippen LogP contribution in [-0.2, 0) is 6.54 Å². The first-order valence-electron chi connectivity index (χ1n) is 7.76. The van der Waals surface area contributed by atoms with Gasteiger partial charge in [0.1, 0.15) is 11.6 Å². The number of imidazole rings is 1. The zero-order valence-corrected chi connectivity index (χ0v) is 13.7. The van der Waals surface area contributed by atoms with E-state index >= 15 is 0 Å². The van der Waals surface area contributed by atoms with Crippen LogP contribution in [-0.4, -0.2) is 16.7 Å². The van der Waals surface area contributed by atoms with Crippen molar-refractivity contribution in [1.82, 2.24) is 9.55 Å². The van der Waals surface area contributed by atoms with Crippen LogP contribution in [0.4, 0.5) is 0 Å². The normalized spacial score (nSPS) is 23.6. The highest BCUT2D eigenvalue weighted by molar-refractivity contribution is 6.20. The second-order valence-electron chi connectivity index (χ2n) is 6.34. The molecule has 3 rings (SSSR count). The molecule has 0 spiro atoms. The number of halogens is 1. The molecule has 0 saturated heterocycles. The molecule has 2 aromatic rings. The van der Waals surface area contributed by atoms with Crippen molar-refractivity contribution < 1.29 is 4.74 Å². The predicted molar refractivity (Wildman–Crippen MR) is 87.1 cm³/mol. The van der Waals surface area contributed by atoms with Crippen LogP contribution in [0.1, 0.15) is 44.3 Å². The van der Waals surface area contributed by atoms with E-state index in [0.29, 0.717) is 0 Å². The van der Waals surface area contributed by atoms with Gasteiger partial charge in [0.2, 0.25) is 0 Å². The molecule has 4 heteroatoms. The van der Waals surface area contributed by atoms with Gasteiger partial charge in [-0.3, -0.25) is 0 Å². The van der Waals surface area contributed by atoms with Crippen molar-refractivity contribution >= 4 is 22.6 Å². The number of benzene rings is 1. The fraction of sp³-hybridized carbons (Fsp3) is 0.588. The van der Waals surface area contributed by atoms with Crippen LogP contribution in [0.5, 0.6) is 5.75 Å². The molecule has 0 N–H and O–H groups in total. The van der Waals surface area contributed by atoms with Gasteiger partial charge >= 0.3 is 0 Å². The molecule has 0 aliphatic heterocycles. The van der Waals surface area contributed by atoms with Gasteiger partial charge in [-0.05, 0) is 43.7 Å². The van der Waals surface area contributed by atoms with E-state index in [0.717, 1.165) is 41.0 Å². The number of hydrogen-bond donors (Lipinski definition) is 0. The van der Waals surface area contributed by atoms with Crippen LogP contribution in [0.25, 0.3) is 11.0 Å². The summed E-state index contributed by atoms with van der Waals surface area (Å²) in [7, 11) is 1.70. The minimum absolute atomic E-state index is 0.0813. The minimum atomic E-state index is -0.0813. The van der Waals surface area contributed by atoms with Crippen molar-refractivity contribution in [1.29, 1.82) is 0 Å². The number of rotatable bonds is 4. The van der Waals surface area contributed by atoms with Gasteiger partial charge in [-0.2, -0.15) is 0 Å². The maximum atomic E-state index is 6.35. The Morgan fingerprint density at radius 3 is 2.86 bits per heavy atom. The lowest BCUT2D eigenvalue weighted by Gasteiger charge is -2.15. The van der Waals surface area contributed by atoms with Crippen LogP contribution < -0.4 is 4.74 Å². The highest BCUT2D eigenvalue weighted by Gasteiger charge is 2.24. The Bertz CT molecular complexity index is 635. The van der Waals surface area contributed by atoms with Crippen molar-refractivity contribution in [2.45, 2.75) is 45.0 Å². The Balaban J connectivity index is 2.01. The summed E-state index contributed by atoms with van der Waals surface area (Å²) in [4.78, 5) is 4.72. The van der Waals surface area contributed by atoms with E-state index in [9.17, 15) is 0 Å². The largest absolute Gasteiger partial charge is 0.497 e. The molecule has 3 unspecified atom stereocenters. The second kappa shape index (κ2) is 5.88. The monoisotopic (exact) mass is 306 g/mol. The summed E-state index contributed by atoms with van der Waals surface area (Å²) in [5.41, 5.74) is 2.14. The first kappa shape index (κ1) is 14.7. The zero-order valence-electron chi connectivity index (χ0n) is 13.0. The van der Waals surface area contributed by atoms with Crippen molar-refractivity contribution in [3.05, 3.63) is 24.0 Å². The molecule has 3 nitrogen and oxygen atoms in total. The van der Waals surface area contributed by atoms with E-state index in [-0.39, 0.29) is 5.38 Å². The van der Waals surface area contributed by atoms with Gasteiger partial charge in [0.25, 0.3) is 0 Å². The molecule has 1 aromatic heterocycles. The van der Waals surface area contributed by atoms with Gasteiger partial charge in [-0.1, -0.05) is 13.3 Å². The third-order valence-corrected chi connectivity index (χ3v) is 4.78. The molecular weight excluding hydrogens is 284 g/mol. The van der Waals surface area contributed by atoms with E-state index in [2.05, 4.69) is 17.6 Å². The van der Waals surface area contributed by atoms with Crippen molar-refractivity contribution in [3.63, 3.8) is 0 Å². The summed E-state index contributed by atoms with van der Waals surface area (Å²) in [6.45, 7) is 5.36. The third kappa shape index (κ3) is 2.89. The van der Waals surface area contributed by atoms with E-state index < -0.39 is 0 Å². The maximum absolute atomic E-state index is 6.35. The summed E-state index contributed by atoms with van der Waals surface area (Å²) in [5, 5.41) is -0.0813. The highest BCUT2D eigenvalue weighted by Crippen LogP contribution is 2.34. The topological polar surface area (TPSA) is 27.1 Å². The van der Waals surface area contributed by atoms with E-state index in [1.165, 1.54) is 19.3 Å². The van der Waals surface area contributed by atoms with Crippen LogP contribution in [0.15, 0.2) is 18.2 Å². The molecule has 0 amide bonds. The van der Waals surface area contributed by atoms with Gasteiger partial charge in [0.15, 0.2) is 0 Å². The number of aromatic nitrogens is 2. The minimum Gasteiger partial charge on any atom is -0.497 e. The Kier molecular flexibility index (Phi) is 4.12. The number of hydrogen-bond acceptors (Lipinski definition) is 2. The molecule has 1 fully saturated rings. The highest BCUT2D eigenvalue weighted by atomic mass is 35.5. The fourth-order valence-corrected chi connectivity index (χ4v) is 3.66. The molecule has 1 aliphatic rings. The molecule has 21 heavy (non-hydrogen) atoms. The lowest BCUT2D eigenvalue weighted by molar-refractivity contribution is 0.414. The Labute approximate surface area is 131 Å². The quantitative estimate of drug-likeness (QED) is 0.760. The number of ether oxygens (including phenoxy) is 1. The first-order valence-corrected chi connectivity index (χ1v) is 8.20. The van der Waals surface area contributed by atoms with Crippen LogP contribution in [0.2, 0.25) is 0 Å². The van der Waals surface area contributed by atoms with Gasteiger partial charge < -0.3 is 9.30 Å². The molecule has 114 valence electrons. The van der Waals surface area contributed by atoms with Gasteiger partial charge in [-0.25, -0.2) is 4.98 Å². The molecule has 0 radical (unpaired) electrons. The first-order chi connectivity index (χ1) is 10.1. The summed E-state index contributed by atoms with van der Waals surface area (Å²) >= 11 is 6.35. The van der Waals surface area contributed by atoms with Crippen molar-refractivity contribution in [3.8, 4) is 5.75 Å².